The molecule has 4 nitrogen and oxygen atoms in total. The molecule has 3 N–H and O–H groups in total. The number of hydrogen-bond donors (Lipinski definition) is 2. The summed E-state index contributed by atoms with van der Waals surface area (Å²) in [5.41, 5.74) is 4.08. The Balaban J connectivity index is 1.95. The van der Waals surface area contributed by atoms with E-state index < -0.39 is 0 Å². The quantitative estimate of drug-likeness (QED) is 0.604. The molecule has 0 spiro atoms. The van der Waals surface area contributed by atoms with E-state index in [0.29, 0.717) is 0 Å². The van der Waals surface area contributed by atoms with Crippen LogP contribution in [0.15, 0.2) is 29.9 Å². The molecule has 2 heterocycles. The number of nitrogens with zero attached hydrogens (tertiary/aromatic N) is 2. The zero-order valence-corrected chi connectivity index (χ0v) is 10.1. The van der Waals surface area contributed by atoms with Gasteiger partial charge in [-0.1, -0.05) is 6.07 Å². The number of thiophene rings is 1. The molecule has 0 aromatic carbocycles. The number of hydrazine groups is 1. The predicted octanol–water partition coefficient (Wildman–Crippen LogP) is 1.10. The van der Waals surface area contributed by atoms with E-state index in [1.54, 1.807) is 11.3 Å². The van der Waals surface area contributed by atoms with Crippen LogP contribution in [-0.4, -0.2) is 15.8 Å². The molecule has 0 amide bonds. The van der Waals surface area contributed by atoms with Crippen molar-refractivity contribution in [2.45, 2.75) is 18.9 Å². The van der Waals surface area contributed by atoms with E-state index in [1.807, 2.05) is 24.1 Å². The zero-order valence-electron chi connectivity index (χ0n) is 9.26. The molecule has 0 saturated carbocycles. The summed E-state index contributed by atoms with van der Waals surface area (Å²) in [6.07, 6.45) is 5.78. The van der Waals surface area contributed by atoms with E-state index in [9.17, 15) is 0 Å². The highest BCUT2D eigenvalue weighted by Gasteiger charge is 2.10. The zero-order chi connectivity index (χ0) is 11.4. The van der Waals surface area contributed by atoms with E-state index in [2.05, 4.69) is 28.0 Å². The molecule has 0 fully saturated rings. The Kier molecular flexibility index (Phi) is 3.71. The summed E-state index contributed by atoms with van der Waals surface area (Å²) in [6, 6.07) is 4.47. The predicted molar refractivity (Wildman–Crippen MR) is 66.0 cm³/mol. The van der Waals surface area contributed by atoms with Crippen LogP contribution in [0, 0.1) is 0 Å². The fourth-order valence-electron chi connectivity index (χ4n) is 1.72. The van der Waals surface area contributed by atoms with Gasteiger partial charge in [0, 0.05) is 24.2 Å². The standard InChI is InChI=1S/C11H16N4S/c1-15-8-9(7-13-15)5-10(14-12)6-11-3-2-4-16-11/h2-4,7-8,10,14H,5-6,12H2,1H3. The normalized spacial score (nSPS) is 12.9. The molecule has 86 valence electrons. The number of nitrogens with two attached hydrogens (primary N) is 1. The van der Waals surface area contributed by atoms with Crippen LogP contribution < -0.4 is 11.3 Å². The molecule has 0 aliphatic rings. The lowest BCUT2D eigenvalue weighted by Gasteiger charge is -2.13. The van der Waals surface area contributed by atoms with Crippen molar-refractivity contribution in [2.24, 2.45) is 12.9 Å². The first-order valence-corrected chi connectivity index (χ1v) is 6.12. The second kappa shape index (κ2) is 5.25. The summed E-state index contributed by atoms with van der Waals surface area (Å²) in [5, 5.41) is 6.24. The van der Waals surface area contributed by atoms with Crippen LogP contribution in [-0.2, 0) is 19.9 Å². The molecule has 0 aliphatic heterocycles. The van der Waals surface area contributed by atoms with Crippen molar-refractivity contribution in [3.05, 3.63) is 40.3 Å². The van der Waals surface area contributed by atoms with Gasteiger partial charge in [-0.25, -0.2) is 0 Å². The molecule has 1 unspecified atom stereocenters. The Morgan fingerprint density at radius 2 is 2.44 bits per heavy atom. The van der Waals surface area contributed by atoms with Gasteiger partial charge in [0.2, 0.25) is 0 Å². The van der Waals surface area contributed by atoms with Gasteiger partial charge in [0.25, 0.3) is 0 Å². The molecule has 0 aliphatic carbocycles. The van der Waals surface area contributed by atoms with Crippen LogP contribution in [0.3, 0.4) is 0 Å². The van der Waals surface area contributed by atoms with Gasteiger partial charge in [0.05, 0.1) is 6.20 Å². The van der Waals surface area contributed by atoms with Crippen molar-refractivity contribution in [3.63, 3.8) is 0 Å². The SMILES string of the molecule is Cn1cc(CC(Cc2cccs2)NN)cn1. The van der Waals surface area contributed by atoms with Crippen LogP contribution in [0.2, 0.25) is 0 Å². The Morgan fingerprint density at radius 3 is 3.00 bits per heavy atom. The minimum atomic E-state index is 0.267. The van der Waals surface area contributed by atoms with Crippen molar-refractivity contribution in [2.75, 3.05) is 0 Å². The molecular weight excluding hydrogens is 220 g/mol. The highest BCUT2D eigenvalue weighted by Crippen LogP contribution is 2.13. The Labute approximate surface area is 99.1 Å². The van der Waals surface area contributed by atoms with Crippen LogP contribution in [0.25, 0.3) is 0 Å². The van der Waals surface area contributed by atoms with Gasteiger partial charge in [-0.15, -0.1) is 11.3 Å². The maximum Gasteiger partial charge on any atom is 0.0522 e. The number of aromatic nitrogens is 2. The van der Waals surface area contributed by atoms with Crippen molar-refractivity contribution >= 4 is 11.3 Å². The van der Waals surface area contributed by atoms with Gasteiger partial charge >= 0.3 is 0 Å². The second-order valence-electron chi connectivity index (χ2n) is 3.87. The van der Waals surface area contributed by atoms with Crippen molar-refractivity contribution in [3.8, 4) is 0 Å². The molecule has 1 atom stereocenters. The van der Waals surface area contributed by atoms with Crippen molar-refractivity contribution < 1.29 is 0 Å². The fraction of sp³-hybridized carbons (Fsp3) is 0.364. The largest absolute Gasteiger partial charge is 0.276 e. The number of aryl methyl sites for hydroxylation is 1. The molecule has 0 radical (unpaired) electrons. The smallest absolute Gasteiger partial charge is 0.0522 e. The molecule has 16 heavy (non-hydrogen) atoms. The number of rotatable bonds is 5. The van der Waals surface area contributed by atoms with Crippen LogP contribution >= 0.6 is 11.3 Å². The van der Waals surface area contributed by atoms with Crippen molar-refractivity contribution in [1.82, 2.24) is 15.2 Å². The van der Waals surface area contributed by atoms with Gasteiger partial charge < -0.3 is 0 Å². The van der Waals surface area contributed by atoms with Gasteiger partial charge in [-0.2, -0.15) is 5.10 Å². The first-order valence-electron chi connectivity index (χ1n) is 5.24. The third-order valence-electron chi connectivity index (χ3n) is 2.50. The highest BCUT2D eigenvalue weighted by atomic mass is 32.1. The molecule has 2 aromatic heterocycles. The Bertz CT molecular complexity index is 421. The lowest BCUT2D eigenvalue weighted by molar-refractivity contribution is 0.525. The lowest BCUT2D eigenvalue weighted by atomic mass is 10.1. The fourth-order valence-corrected chi connectivity index (χ4v) is 2.51. The summed E-state index contributed by atoms with van der Waals surface area (Å²) >= 11 is 1.77. The molecule has 0 bridgehead atoms. The monoisotopic (exact) mass is 236 g/mol. The first kappa shape index (κ1) is 11.3. The van der Waals surface area contributed by atoms with E-state index >= 15 is 0 Å². The van der Waals surface area contributed by atoms with Crippen LogP contribution in [0.4, 0.5) is 0 Å². The molecule has 0 saturated heterocycles. The summed E-state index contributed by atoms with van der Waals surface area (Å²) in [4.78, 5) is 1.35. The first-order chi connectivity index (χ1) is 7.78. The third kappa shape index (κ3) is 2.91. The highest BCUT2D eigenvalue weighted by molar-refractivity contribution is 7.09. The molecule has 2 rings (SSSR count). The number of nitrogens with one attached hydrogen (secondary N) is 1. The topological polar surface area (TPSA) is 55.9 Å². The van der Waals surface area contributed by atoms with Crippen LogP contribution in [0.5, 0.6) is 0 Å². The average Bonchev–Trinajstić information content (AvgIpc) is 2.89. The van der Waals surface area contributed by atoms with Gasteiger partial charge in [0.15, 0.2) is 0 Å². The third-order valence-corrected chi connectivity index (χ3v) is 3.40. The second-order valence-corrected chi connectivity index (χ2v) is 4.91. The maximum atomic E-state index is 5.57. The van der Waals surface area contributed by atoms with Crippen molar-refractivity contribution in [1.29, 1.82) is 0 Å². The minimum Gasteiger partial charge on any atom is -0.276 e. The Hall–Kier alpha value is -1.17. The summed E-state index contributed by atoms with van der Waals surface area (Å²) in [6.45, 7) is 0. The van der Waals surface area contributed by atoms with E-state index in [0.717, 1.165) is 12.8 Å². The number of hydrogen-bond acceptors (Lipinski definition) is 4. The Morgan fingerprint density at radius 1 is 1.56 bits per heavy atom. The molecule has 5 heteroatoms. The lowest BCUT2D eigenvalue weighted by Crippen LogP contribution is -2.38. The summed E-state index contributed by atoms with van der Waals surface area (Å²) in [5.74, 6) is 5.57. The summed E-state index contributed by atoms with van der Waals surface area (Å²) < 4.78 is 1.81. The van der Waals surface area contributed by atoms with E-state index in [4.69, 9.17) is 5.84 Å². The molecular formula is C11H16N4S. The van der Waals surface area contributed by atoms with Gasteiger partial charge in [-0.3, -0.25) is 16.0 Å². The van der Waals surface area contributed by atoms with E-state index in [1.165, 1.54) is 10.4 Å². The minimum absolute atomic E-state index is 0.267. The van der Waals surface area contributed by atoms with Gasteiger partial charge in [0.1, 0.15) is 0 Å². The maximum absolute atomic E-state index is 5.57. The average molecular weight is 236 g/mol. The van der Waals surface area contributed by atoms with Crippen LogP contribution in [0.1, 0.15) is 10.4 Å². The van der Waals surface area contributed by atoms with E-state index in [-0.39, 0.29) is 6.04 Å². The molecule has 2 aromatic rings. The summed E-state index contributed by atoms with van der Waals surface area (Å²) in [7, 11) is 1.92. The van der Waals surface area contributed by atoms with Gasteiger partial charge in [-0.05, 0) is 29.9 Å².